The van der Waals surface area contributed by atoms with Crippen molar-refractivity contribution in [2.75, 3.05) is 20.8 Å². The zero-order valence-electron chi connectivity index (χ0n) is 16.9. The molecule has 0 aliphatic carbocycles. The maximum atomic E-state index is 12.2. The van der Waals surface area contributed by atoms with Gasteiger partial charge in [-0.15, -0.1) is 0 Å². The van der Waals surface area contributed by atoms with Gasteiger partial charge in [-0.05, 0) is 65.2 Å². The van der Waals surface area contributed by atoms with E-state index in [-0.39, 0.29) is 5.91 Å². The third kappa shape index (κ3) is 5.29. The highest BCUT2D eigenvalue weighted by Gasteiger charge is 2.05. The summed E-state index contributed by atoms with van der Waals surface area (Å²) in [6.07, 6.45) is 3.27. The van der Waals surface area contributed by atoms with Crippen molar-refractivity contribution in [1.82, 2.24) is 5.32 Å². The average molecular weight is 391 g/mol. The molecule has 0 spiro atoms. The molecule has 0 saturated heterocycles. The van der Waals surface area contributed by atoms with E-state index in [1.165, 1.54) is 6.08 Å². The Balaban J connectivity index is 1.61. The van der Waals surface area contributed by atoms with Crippen LogP contribution in [0.3, 0.4) is 0 Å². The van der Waals surface area contributed by atoms with E-state index in [0.29, 0.717) is 24.7 Å². The molecule has 150 valence electrons. The Morgan fingerprint density at radius 1 is 0.931 bits per heavy atom. The summed E-state index contributed by atoms with van der Waals surface area (Å²) in [5.41, 5.74) is 1.90. The van der Waals surface area contributed by atoms with E-state index in [2.05, 4.69) is 11.4 Å². The van der Waals surface area contributed by atoms with Gasteiger partial charge in [-0.1, -0.05) is 24.3 Å². The van der Waals surface area contributed by atoms with Crippen molar-refractivity contribution in [1.29, 1.82) is 0 Å². The molecule has 0 aliphatic rings. The van der Waals surface area contributed by atoms with Gasteiger partial charge in [-0.2, -0.15) is 0 Å². The van der Waals surface area contributed by atoms with Gasteiger partial charge < -0.3 is 19.5 Å². The highest BCUT2D eigenvalue weighted by atomic mass is 16.5. The van der Waals surface area contributed by atoms with Crippen LogP contribution in [0.1, 0.15) is 18.1 Å². The molecule has 1 amide bonds. The van der Waals surface area contributed by atoms with Gasteiger partial charge in [0.05, 0.1) is 20.8 Å². The molecule has 5 heteroatoms. The van der Waals surface area contributed by atoms with E-state index in [1.807, 2.05) is 55.5 Å². The summed E-state index contributed by atoms with van der Waals surface area (Å²) >= 11 is 0. The van der Waals surface area contributed by atoms with Crippen molar-refractivity contribution < 1.29 is 19.0 Å². The molecule has 0 radical (unpaired) electrons. The Hall–Kier alpha value is -3.47. The van der Waals surface area contributed by atoms with Gasteiger partial charge in [0.25, 0.3) is 0 Å². The lowest BCUT2D eigenvalue weighted by molar-refractivity contribution is -0.116. The van der Waals surface area contributed by atoms with E-state index in [9.17, 15) is 4.79 Å². The number of rotatable bonds is 8. The standard InChI is InChI=1S/C24H25NO4/c1-4-29-22-11-6-17(14-23(22)28-3)7-12-24(26)25-16-18-5-8-20-15-21(27-2)10-9-19(20)13-18/h5-15H,4,16H2,1-3H3,(H,25,26)/b12-7+. The number of carbonyl (C=O) groups excluding carboxylic acids is 1. The number of nitrogens with one attached hydrogen (secondary N) is 1. The van der Waals surface area contributed by atoms with Crippen molar-refractivity contribution >= 4 is 22.8 Å². The van der Waals surface area contributed by atoms with Crippen LogP contribution in [0.2, 0.25) is 0 Å². The van der Waals surface area contributed by atoms with Crippen LogP contribution in [0.15, 0.2) is 60.7 Å². The SMILES string of the molecule is CCOc1ccc(/C=C/C(=O)NCc2ccc3cc(OC)ccc3c2)cc1OC. The summed E-state index contributed by atoms with van der Waals surface area (Å²) < 4.78 is 16.1. The number of hydrogen-bond donors (Lipinski definition) is 1. The van der Waals surface area contributed by atoms with Gasteiger partial charge in [-0.25, -0.2) is 0 Å². The van der Waals surface area contributed by atoms with Gasteiger partial charge in [0, 0.05) is 12.6 Å². The summed E-state index contributed by atoms with van der Waals surface area (Å²) in [6, 6.07) is 17.6. The second-order valence-electron chi connectivity index (χ2n) is 6.44. The Morgan fingerprint density at radius 2 is 1.72 bits per heavy atom. The van der Waals surface area contributed by atoms with Crippen LogP contribution in [-0.4, -0.2) is 26.7 Å². The molecule has 3 aromatic carbocycles. The third-order valence-corrected chi connectivity index (χ3v) is 4.49. The molecule has 0 aliphatic heterocycles. The fourth-order valence-electron chi connectivity index (χ4n) is 2.99. The Kier molecular flexibility index (Phi) is 6.74. The zero-order valence-corrected chi connectivity index (χ0v) is 16.9. The van der Waals surface area contributed by atoms with E-state index in [0.717, 1.165) is 27.6 Å². The molecule has 0 atom stereocenters. The van der Waals surface area contributed by atoms with Crippen LogP contribution in [-0.2, 0) is 11.3 Å². The van der Waals surface area contributed by atoms with Crippen LogP contribution >= 0.6 is 0 Å². The van der Waals surface area contributed by atoms with Crippen LogP contribution in [0.25, 0.3) is 16.8 Å². The zero-order chi connectivity index (χ0) is 20.6. The number of fused-ring (bicyclic) bond motifs is 1. The topological polar surface area (TPSA) is 56.8 Å². The first-order chi connectivity index (χ1) is 14.1. The quantitative estimate of drug-likeness (QED) is 0.571. The highest BCUT2D eigenvalue weighted by molar-refractivity contribution is 5.92. The predicted octanol–water partition coefficient (Wildman–Crippen LogP) is 4.59. The van der Waals surface area contributed by atoms with E-state index >= 15 is 0 Å². The minimum absolute atomic E-state index is 0.160. The molecule has 0 bridgehead atoms. The molecule has 0 fully saturated rings. The van der Waals surface area contributed by atoms with E-state index in [1.54, 1.807) is 20.3 Å². The molecule has 0 aromatic heterocycles. The molecule has 5 nitrogen and oxygen atoms in total. The first-order valence-corrected chi connectivity index (χ1v) is 9.46. The van der Waals surface area contributed by atoms with Gasteiger partial charge in [0.2, 0.25) is 5.91 Å². The van der Waals surface area contributed by atoms with Crippen molar-refractivity contribution in [3.63, 3.8) is 0 Å². The molecule has 0 unspecified atom stereocenters. The molecule has 29 heavy (non-hydrogen) atoms. The number of methoxy groups -OCH3 is 2. The molecular weight excluding hydrogens is 366 g/mol. The molecule has 0 saturated carbocycles. The van der Waals surface area contributed by atoms with E-state index in [4.69, 9.17) is 14.2 Å². The van der Waals surface area contributed by atoms with Gasteiger partial charge >= 0.3 is 0 Å². The average Bonchev–Trinajstić information content (AvgIpc) is 2.76. The van der Waals surface area contributed by atoms with Crippen LogP contribution in [0.4, 0.5) is 0 Å². The van der Waals surface area contributed by atoms with Gasteiger partial charge in [0.1, 0.15) is 5.75 Å². The number of ether oxygens (including phenoxy) is 3. The lowest BCUT2D eigenvalue weighted by Crippen LogP contribution is -2.20. The van der Waals surface area contributed by atoms with Crippen molar-refractivity contribution in [3.05, 3.63) is 71.8 Å². The molecular formula is C24H25NO4. The Bertz CT molecular complexity index is 1030. The summed E-state index contributed by atoms with van der Waals surface area (Å²) in [5.74, 6) is 2.00. The number of amides is 1. The minimum atomic E-state index is -0.160. The van der Waals surface area contributed by atoms with Crippen LogP contribution in [0, 0.1) is 0 Å². The van der Waals surface area contributed by atoms with E-state index < -0.39 is 0 Å². The van der Waals surface area contributed by atoms with Crippen LogP contribution < -0.4 is 19.5 Å². The van der Waals surface area contributed by atoms with Crippen molar-refractivity contribution in [2.24, 2.45) is 0 Å². The summed E-state index contributed by atoms with van der Waals surface area (Å²) in [4.78, 5) is 12.2. The van der Waals surface area contributed by atoms with Gasteiger partial charge in [-0.3, -0.25) is 4.79 Å². The van der Waals surface area contributed by atoms with Crippen molar-refractivity contribution in [2.45, 2.75) is 13.5 Å². The lowest BCUT2D eigenvalue weighted by atomic mass is 10.1. The predicted molar refractivity (Wildman–Crippen MR) is 116 cm³/mol. The minimum Gasteiger partial charge on any atom is -0.497 e. The number of hydrogen-bond acceptors (Lipinski definition) is 4. The molecule has 0 heterocycles. The number of carbonyl (C=O) groups is 1. The summed E-state index contributed by atoms with van der Waals surface area (Å²) in [6.45, 7) is 2.94. The largest absolute Gasteiger partial charge is 0.497 e. The third-order valence-electron chi connectivity index (χ3n) is 4.49. The summed E-state index contributed by atoms with van der Waals surface area (Å²) in [7, 11) is 3.25. The van der Waals surface area contributed by atoms with Crippen LogP contribution in [0.5, 0.6) is 17.2 Å². The molecule has 3 aromatic rings. The maximum absolute atomic E-state index is 12.2. The first-order valence-electron chi connectivity index (χ1n) is 9.46. The monoisotopic (exact) mass is 391 g/mol. The normalized spacial score (nSPS) is 10.9. The second-order valence-corrected chi connectivity index (χ2v) is 6.44. The lowest BCUT2D eigenvalue weighted by Gasteiger charge is -2.09. The fourth-order valence-corrected chi connectivity index (χ4v) is 2.99. The summed E-state index contributed by atoms with van der Waals surface area (Å²) in [5, 5.41) is 5.12. The molecule has 1 N–H and O–H groups in total. The highest BCUT2D eigenvalue weighted by Crippen LogP contribution is 2.28. The Labute approximate surface area is 170 Å². The molecule has 3 rings (SSSR count). The van der Waals surface area contributed by atoms with Gasteiger partial charge in [0.15, 0.2) is 11.5 Å². The number of benzene rings is 3. The first kappa shape index (κ1) is 20.3. The Morgan fingerprint density at radius 3 is 2.48 bits per heavy atom. The van der Waals surface area contributed by atoms with Crippen molar-refractivity contribution in [3.8, 4) is 17.2 Å². The second kappa shape index (κ2) is 9.64. The smallest absolute Gasteiger partial charge is 0.244 e. The fraction of sp³-hybridized carbons (Fsp3) is 0.208. The maximum Gasteiger partial charge on any atom is 0.244 e.